The number of ether oxygens (including phenoxy) is 1. The minimum Gasteiger partial charge on any atom is -0.394 e. The summed E-state index contributed by atoms with van der Waals surface area (Å²) in [6.07, 6.45) is -0.385. The first-order valence-corrected chi connectivity index (χ1v) is 5.51. The Morgan fingerprint density at radius 1 is 1.67 bits per heavy atom. The number of carbonyl (C=O) groups excluding carboxylic acids is 1. The van der Waals surface area contributed by atoms with Gasteiger partial charge in [-0.25, -0.2) is 0 Å². The summed E-state index contributed by atoms with van der Waals surface area (Å²) in [5, 5.41) is 31.6. The quantitative estimate of drug-likeness (QED) is 0.466. The van der Waals surface area contributed by atoms with Crippen LogP contribution >= 0.6 is 0 Å². The van der Waals surface area contributed by atoms with Crippen molar-refractivity contribution < 1.29 is 24.9 Å². The summed E-state index contributed by atoms with van der Waals surface area (Å²) < 4.78 is 5.40. The lowest BCUT2D eigenvalue weighted by Crippen LogP contribution is -2.53. The van der Waals surface area contributed by atoms with Gasteiger partial charge in [0.15, 0.2) is 6.23 Å². The second-order valence-corrected chi connectivity index (χ2v) is 4.54. The van der Waals surface area contributed by atoms with Crippen molar-refractivity contribution in [3.05, 3.63) is 24.7 Å². The van der Waals surface area contributed by atoms with Crippen LogP contribution in [0.25, 0.3) is 0 Å². The van der Waals surface area contributed by atoms with E-state index in [0.29, 0.717) is 0 Å². The molecule has 7 nitrogen and oxygen atoms in total. The fourth-order valence-electron chi connectivity index (χ4n) is 2.10. The molecular formula is C11H16N2O5. The van der Waals surface area contributed by atoms with Crippen molar-refractivity contribution in [3.63, 3.8) is 0 Å². The summed E-state index contributed by atoms with van der Waals surface area (Å²) in [6, 6.07) is 0. The van der Waals surface area contributed by atoms with E-state index in [1.54, 1.807) is 0 Å². The van der Waals surface area contributed by atoms with Gasteiger partial charge in [0.25, 0.3) is 5.91 Å². The third kappa shape index (κ3) is 1.91. The van der Waals surface area contributed by atoms with Gasteiger partial charge in [-0.3, -0.25) is 4.79 Å². The summed E-state index contributed by atoms with van der Waals surface area (Å²) >= 11 is 0. The van der Waals surface area contributed by atoms with E-state index in [0.717, 1.165) is 0 Å². The highest BCUT2D eigenvalue weighted by Crippen LogP contribution is 2.34. The van der Waals surface area contributed by atoms with E-state index in [2.05, 4.69) is 11.9 Å². The molecule has 1 saturated heterocycles. The van der Waals surface area contributed by atoms with E-state index in [1.165, 1.54) is 24.1 Å². The van der Waals surface area contributed by atoms with Crippen LogP contribution in [-0.4, -0.2) is 56.8 Å². The van der Waals surface area contributed by atoms with Crippen molar-refractivity contribution >= 4 is 5.91 Å². The number of aliphatic hydroxyl groups excluding tert-OH is 2. The monoisotopic (exact) mass is 256 g/mol. The molecule has 1 amide bonds. The molecule has 0 aromatic rings. The molecule has 4 atom stereocenters. The number of hydrogen-bond donors (Lipinski definition) is 4. The SMILES string of the molecule is C=C1NC(=O)C=CN1[C@@H]1O[C@H](CO)C(O)[C@]1(C)O. The third-order valence-corrected chi connectivity index (χ3v) is 3.15. The number of hydrogen-bond acceptors (Lipinski definition) is 6. The minimum absolute atomic E-state index is 0.235. The molecule has 2 aliphatic heterocycles. The lowest BCUT2D eigenvalue weighted by Gasteiger charge is -2.37. The molecule has 0 aromatic carbocycles. The molecule has 4 N–H and O–H groups in total. The molecule has 2 aliphatic rings. The zero-order chi connectivity index (χ0) is 13.5. The van der Waals surface area contributed by atoms with Gasteiger partial charge in [-0.1, -0.05) is 6.58 Å². The van der Waals surface area contributed by atoms with Crippen molar-refractivity contribution in [3.8, 4) is 0 Å². The molecule has 18 heavy (non-hydrogen) atoms. The van der Waals surface area contributed by atoms with Crippen LogP contribution in [0.4, 0.5) is 0 Å². The van der Waals surface area contributed by atoms with Gasteiger partial charge in [-0.05, 0) is 6.92 Å². The van der Waals surface area contributed by atoms with Crippen LogP contribution in [0.2, 0.25) is 0 Å². The maximum Gasteiger partial charge on any atom is 0.250 e. The lowest BCUT2D eigenvalue weighted by atomic mass is 9.96. The number of nitrogens with one attached hydrogen (secondary N) is 1. The molecule has 2 heterocycles. The molecule has 100 valence electrons. The smallest absolute Gasteiger partial charge is 0.250 e. The van der Waals surface area contributed by atoms with Gasteiger partial charge < -0.3 is 30.3 Å². The average Bonchev–Trinajstić information content (AvgIpc) is 2.52. The topological polar surface area (TPSA) is 102 Å². The van der Waals surface area contributed by atoms with Crippen LogP contribution in [-0.2, 0) is 9.53 Å². The average molecular weight is 256 g/mol. The highest BCUT2D eigenvalue weighted by molar-refractivity contribution is 5.89. The third-order valence-electron chi connectivity index (χ3n) is 3.15. The molecule has 0 aromatic heterocycles. The molecule has 0 radical (unpaired) electrons. The number of amides is 1. The predicted molar refractivity (Wildman–Crippen MR) is 60.6 cm³/mol. The van der Waals surface area contributed by atoms with E-state index in [9.17, 15) is 15.0 Å². The van der Waals surface area contributed by atoms with E-state index >= 15 is 0 Å². The summed E-state index contributed by atoms with van der Waals surface area (Å²) in [4.78, 5) is 12.5. The second kappa shape index (κ2) is 4.36. The van der Waals surface area contributed by atoms with Gasteiger partial charge >= 0.3 is 0 Å². The normalized spacial score (nSPS) is 40.2. The molecule has 1 fully saturated rings. The molecule has 7 heteroatoms. The largest absolute Gasteiger partial charge is 0.394 e. The van der Waals surface area contributed by atoms with Crippen LogP contribution in [0.1, 0.15) is 6.92 Å². The van der Waals surface area contributed by atoms with Gasteiger partial charge in [-0.2, -0.15) is 0 Å². The zero-order valence-electron chi connectivity index (χ0n) is 9.91. The maximum atomic E-state index is 11.1. The first-order chi connectivity index (χ1) is 8.37. The van der Waals surface area contributed by atoms with Crippen LogP contribution < -0.4 is 5.32 Å². The number of aliphatic hydroxyl groups is 3. The van der Waals surface area contributed by atoms with Crippen molar-refractivity contribution in [1.82, 2.24) is 10.2 Å². The van der Waals surface area contributed by atoms with Crippen LogP contribution in [0, 0.1) is 0 Å². The first-order valence-electron chi connectivity index (χ1n) is 5.51. The Hall–Kier alpha value is -1.41. The van der Waals surface area contributed by atoms with E-state index in [1.807, 2.05) is 0 Å². The van der Waals surface area contributed by atoms with E-state index < -0.39 is 30.6 Å². The molecule has 0 aliphatic carbocycles. The van der Waals surface area contributed by atoms with Crippen molar-refractivity contribution in [2.75, 3.05) is 6.61 Å². The Morgan fingerprint density at radius 3 is 2.83 bits per heavy atom. The number of rotatable bonds is 2. The van der Waals surface area contributed by atoms with Gasteiger partial charge in [0.05, 0.1) is 6.61 Å². The predicted octanol–water partition coefficient (Wildman–Crippen LogP) is -1.77. The van der Waals surface area contributed by atoms with Gasteiger partial charge in [-0.15, -0.1) is 0 Å². The Kier molecular flexibility index (Phi) is 3.16. The summed E-state index contributed by atoms with van der Waals surface area (Å²) in [6.45, 7) is 4.63. The highest BCUT2D eigenvalue weighted by atomic mass is 16.6. The summed E-state index contributed by atoms with van der Waals surface area (Å²) in [5.74, 6) is -0.0910. The highest BCUT2D eigenvalue weighted by Gasteiger charge is 2.54. The second-order valence-electron chi connectivity index (χ2n) is 4.54. The summed E-state index contributed by atoms with van der Waals surface area (Å²) in [7, 11) is 0. The standard InChI is InChI=1S/C11H16N2O5/c1-6-12-8(15)3-4-13(6)10-11(2,17)9(16)7(5-14)18-10/h3-4,7,9-10,14,16-17H,1,5H2,2H3,(H,12,15)/t7-,9?,10-,11+/m1/s1. The Morgan fingerprint density at radius 2 is 2.33 bits per heavy atom. The fraction of sp³-hybridized carbons (Fsp3) is 0.545. The Bertz CT molecular complexity index is 406. The van der Waals surface area contributed by atoms with Crippen LogP contribution in [0.15, 0.2) is 24.7 Å². The molecule has 1 unspecified atom stereocenters. The molecule has 0 bridgehead atoms. The lowest BCUT2D eigenvalue weighted by molar-refractivity contribution is -0.124. The van der Waals surface area contributed by atoms with E-state index in [-0.39, 0.29) is 11.7 Å². The number of nitrogens with zero attached hydrogens (tertiary/aromatic N) is 1. The Labute approximate surface area is 104 Å². The first kappa shape index (κ1) is 13.0. The van der Waals surface area contributed by atoms with Crippen molar-refractivity contribution in [1.29, 1.82) is 0 Å². The molecule has 0 spiro atoms. The van der Waals surface area contributed by atoms with Crippen LogP contribution in [0.5, 0.6) is 0 Å². The number of carbonyl (C=O) groups is 1. The summed E-state index contributed by atoms with van der Waals surface area (Å²) in [5.41, 5.74) is -1.59. The van der Waals surface area contributed by atoms with Crippen molar-refractivity contribution in [2.45, 2.75) is 31.0 Å². The molecular weight excluding hydrogens is 240 g/mol. The van der Waals surface area contributed by atoms with Gasteiger partial charge in [0, 0.05) is 12.3 Å². The van der Waals surface area contributed by atoms with Crippen molar-refractivity contribution in [2.24, 2.45) is 0 Å². The fourth-order valence-corrected chi connectivity index (χ4v) is 2.10. The molecule has 2 rings (SSSR count). The van der Waals surface area contributed by atoms with E-state index in [4.69, 9.17) is 9.84 Å². The maximum absolute atomic E-state index is 11.1. The Balaban J connectivity index is 2.26. The molecule has 0 saturated carbocycles. The van der Waals surface area contributed by atoms with Gasteiger partial charge in [0.1, 0.15) is 23.6 Å². The van der Waals surface area contributed by atoms with Crippen LogP contribution in [0.3, 0.4) is 0 Å². The zero-order valence-corrected chi connectivity index (χ0v) is 9.91. The minimum atomic E-state index is -1.59. The van der Waals surface area contributed by atoms with Gasteiger partial charge in [0.2, 0.25) is 0 Å².